The molecular weight excluding hydrogens is 264 g/mol. The summed E-state index contributed by atoms with van der Waals surface area (Å²) in [6.45, 7) is 4.79. The van der Waals surface area contributed by atoms with E-state index in [0.29, 0.717) is 17.8 Å². The van der Waals surface area contributed by atoms with Crippen molar-refractivity contribution in [1.29, 1.82) is 0 Å². The Morgan fingerprint density at radius 3 is 2.48 bits per heavy atom. The van der Waals surface area contributed by atoms with Crippen molar-refractivity contribution >= 4 is 0 Å². The summed E-state index contributed by atoms with van der Waals surface area (Å²) in [6.07, 6.45) is 4.53. The summed E-state index contributed by atoms with van der Waals surface area (Å²) in [5.74, 6) is 1.30. The minimum Gasteiger partial charge on any atom is -0.328 e. The molecule has 1 saturated carbocycles. The molecule has 21 heavy (non-hydrogen) atoms. The summed E-state index contributed by atoms with van der Waals surface area (Å²) < 4.78 is 0. The quantitative estimate of drug-likeness (QED) is 0.931. The molecule has 0 radical (unpaired) electrons. The van der Waals surface area contributed by atoms with Crippen molar-refractivity contribution in [2.24, 2.45) is 11.7 Å². The van der Waals surface area contributed by atoms with Crippen LogP contribution in [0.3, 0.4) is 0 Å². The monoisotopic (exact) mass is 286 g/mol. The zero-order valence-corrected chi connectivity index (χ0v) is 12.7. The average Bonchev–Trinajstić information content (AvgIpc) is 2.89. The van der Waals surface area contributed by atoms with Crippen LogP contribution in [0.4, 0.5) is 0 Å². The first-order valence-corrected chi connectivity index (χ1v) is 7.59. The molecule has 2 heterocycles. The first-order chi connectivity index (χ1) is 10.1. The van der Waals surface area contributed by atoms with Gasteiger partial charge in [0.05, 0.1) is 6.54 Å². The van der Waals surface area contributed by atoms with Gasteiger partial charge in [-0.1, -0.05) is 0 Å². The lowest BCUT2D eigenvalue weighted by molar-refractivity contribution is 0.272. The van der Waals surface area contributed by atoms with Crippen LogP contribution in [0.2, 0.25) is 0 Å². The minimum absolute atomic E-state index is 0.378. The molecule has 0 spiro atoms. The predicted octanol–water partition coefficient (Wildman–Crippen LogP) is 1.87. The number of rotatable bonds is 3. The Labute approximate surface area is 124 Å². The number of aromatic nitrogens is 5. The second kappa shape index (κ2) is 5.89. The molecule has 1 aliphatic rings. The van der Waals surface area contributed by atoms with Crippen molar-refractivity contribution in [1.82, 2.24) is 25.2 Å². The molecule has 2 N–H and O–H groups in total. The third kappa shape index (κ3) is 3.44. The first-order valence-electron chi connectivity index (χ1n) is 7.59. The molecular formula is C15H22N6. The second-order valence-electron chi connectivity index (χ2n) is 6.09. The van der Waals surface area contributed by atoms with Crippen LogP contribution < -0.4 is 5.73 Å². The van der Waals surface area contributed by atoms with E-state index in [-0.39, 0.29) is 0 Å². The lowest BCUT2D eigenvalue weighted by atomic mass is 9.86. The van der Waals surface area contributed by atoms with Crippen molar-refractivity contribution in [3.05, 3.63) is 23.5 Å². The maximum atomic E-state index is 5.94. The smallest absolute Gasteiger partial charge is 0.205 e. The van der Waals surface area contributed by atoms with Crippen molar-refractivity contribution in [3.8, 4) is 11.4 Å². The van der Waals surface area contributed by atoms with E-state index < -0.39 is 0 Å². The Kier molecular flexibility index (Phi) is 3.96. The molecule has 0 amide bonds. The summed E-state index contributed by atoms with van der Waals surface area (Å²) in [7, 11) is 0. The zero-order chi connectivity index (χ0) is 14.8. The summed E-state index contributed by atoms with van der Waals surface area (Å²) in [5, 5.41) is 12.9. The number of tetrazole rings is 1. The molecule has 6 heteroatoms. The van der Waals surface area contributed by atoms with Crippen LogP contribution >= 0.6 is 0 Å². The van der Waals surface area contributed by atoms with Gasteiger partial charge in [0.1, 0.15) is 0 Å². The molecule has 0 unspecified atom stereocenters. The lowest BCUT2D eigenvalue weighted by Crippen LogP contribution is -2.28. The molecule has 6 nitrogen and oxygen atoms in total. The van der Waals surface area contributed by atoms with E-state index in [2.05, 4.69) is 20.4 Å². The van der Waals surface area contributed by atoms with Gasteiger partial charge in [-0.05, 0) is 62.8 Å². The molecule has 0 saturated heterocycles. The number of pyridine rings is 1. The van der Waals surface area contributed by atoms with E-state index in [1.807, 2.05) is 26.0 Å². The summed E-state index contributed by atoms with van der Waals surface area (Å²) >= 11 is 0. The Bertz CT molecular complexity index is 592. The Morgan fingerprint density at radius 1 is 1.14 bits per heavy atom. The number of nitrogens with zero attached hydrogens (tertiary/aromatic N) is 5. The molecule has 0 bridgehead atoms. The Morgan fingerprint density at radius 2 is 1.81 bits per heavy atom. The van der Waals surface area contributed by atoms with Gasteiger partial charge in [0.25, 0.3) is 0 Å². The number of aryl methyl sites for hydroxylation is 2. The largest absolute Gasteiger partial charge is 0.328 e. The fraction of sp³-hybridized carbons (Fsp3) is 0.600. The van der Waals surface area contributed by atoms with Gasteiger partial charge in [-0.3, -0.25) is 4.98 Å². The molecule has 0 atom stereocenters. The van der Waals surface area contributed by atoms with Gasteiger partial charge in [0.2, 0.25) is 5.82 Å². The normalized spacial score (nSPS) is 22.4. The number of hydrogen-bond acceptors (Lipinski definition) is 5. The number of nitrogens with two attached hydrogens (primary N) is 1. The molecule has 0 aromatic carbocycles. The lowest BCUT2D eigenvalue weighted by Gasteiger charge is -2.25. The number of hydrogen-bond donors (Lipinski definition) is 1. The van der Waals surface area contributed by atoms with Crippen LogP contribution in [-0.4, -0.2) is 31.2 Å². The van der Waals surface area contributed by atoms with Crippen LogP contribution in [0.25, 0.3) is 11.4 Å². The van der Waals surface area contributed by atoms with Gasteiger partial charge in [-0.2, -0.15) is 4.80 Å². The highest BCUT2D eigenvalue weighted by molar-refractivity contribution is 5.54. The van der Waals surface area contributed by atoms with E-state index >= 15 is 0 Å². The second-order valence-corrected chi connectivity index (χ2v) is 6.09. The summed E-state index contributed by atoms with van der Waals surface area (Å²) in [4.78, 5) is 6.10. The van der Waals surface area contributed by atoms with Crippen molar-refractivity contribution in [2.75, 3.05) is 0 Å². The van der Waals surface area contributed by atoms with Gasteiger partial charge in [-0.15, -0.1) is 10.2 Å². The van der Waals surface area contributed by atoms with Crippen LogP contribution in [-0.2, 0) is 6.54 Å². The SMILES string of the molecule is Cc1cc(-c2nnn(C[C@H]3CC[C@H](N)CC3)n2)cc(C)n1. The van der Waals surface area contributed by atoms with Crippen molar-refractivity contribution < 1.29 is 0 Å². The molecule has 112 valence electrons. The van der Waals surface area contributed by atoms with E-state index in [1.54, 1.807) is 4.80 Å². The third-order valence-electron chi connectivity index (χ3n) is 4.11. The topological polar surface area (TPSA) is 82.5 Å². The van der Waals surface area contributed by atoms with E-state index in [1.165, 1.54) is 0 Å². The highest BCUT2D eigenvalue weighted by Gasteiger charge is 2.20. The predicted molar refractivity (Wildman–Crippen MR) is 80.5 cm³/mol. The van der Waals surface area contributed by atoms with E-state index in [4.69, 9.17) is 5.73 Å². The van der Waals surface area contributed by atoms with Crippen LogP contribution in [0.5, 0.6) is 0 Å². The van der Waals surface area contributed by atoms with Crippen molar-refractivity contribution in [3.63, 3.8) is 0 Å². The van der Waals surface area contributed by atoms with Crippen molar-refractivity contribution in [2.45, 2.75) is 52.1 Å². The minimum atomic E-state index is 0.378. The fourth-order valence-electron chi connectivity index (χ4n) is 3.00. The summed E-state index contributed by atoms with van der Waals surface area (Å²) in [6, 6.07) is 4.37. The maximum Gasteiger partial charge on any atom is 0.205 e. The van der Waals surface area contributed by atoms with Gasteiger partial charge in [0.15, 0.2) is 0 Å². The van der Waals surface area contributed by atoms with Gasteiger partial charge < -0.3 is 5.73 Å². The van der Waals surface area contributed by atoms with Crippen LogP contribution in [0, 0.1) is 19.8 Å². The first kappa shape index (κ1) is 14.1. The standard InChI is InChI=1S/C15H22N6/c1-10-7-13(8-11(2)17-10)15-18-20-21(19-15)9-12-3-5-14(16)6-4-12/h7-8,12,14H,3-6,9,16H2,1-2H3/t12-,14-. The van der Waals surface area contributed by atoms with E-state index in [9.17, 15) is 0 Å². The Hall–Kier alpha value is -1.82. The average molecular weight is 286 g/mol. The maximum absolute atomic E-state index is 5.94. The third-order valence-corrected chi connectivity index (χ3v) is 4.11. The van der Waals surface area contributed by atoms with Gasteiger partial charge in [-0.25, -0.2) is 0 Å². The summed E-state index contributed by atoms with van der Waals surface area (Å²) in [5.41, 5.74) is 8.87. The highest BCUT2D eigenvalue weighted by Crippen LogP contribution is 2.24. The zero-order valence-electron chi connectivity index (χ0n) is 12.7. The highest BCUT2D eigenvalue weighted by atomic mass is 15.6. The molecule has 1 fully saturated rings. The van der Waals surface area contributed by atoms with Gasteiger partial charge in [0, 0.05) is 23.0 Å². The molecule has 3 rings (SSSR count). The molecule has 0 aliphatic heterocycles. The molecule has 2 aromatic heterocycles. The molecule has 1 aliphatic carbocycles. The fourth-order valence-corrected chi connectivity index (χ4v) is 3.00. The van der Waals surface area contributed by atoms with E-state index in [0.717, 1.165) is 49.2 Å². The molecule has 2 aromatic rings. The van der Waals surface area contributed by atoms with Crippen LogP contribution in [0.15, 0.2) is 12.1 Å². The Balaban J connectivity index is 1.71. The van der Waals surface area contributed by atoms with Gasteiger partial charge >= 0.3 is 0 Å². The van der Waals surface area contributed by atoms with Crippen LogP contribution in [0.1, 0.15) is 37.1 Å².